The minimum atomic E-state index is -0.955. The second kappa shape index (κ2) is 7.75. The fourth-order valence-corrected chi connectivity index (χ4v) is 3.80. The molecule has 0 radical (unpaired) electrons. The van der Waals surface area contributed by atoms with Crippen molar-refractivity contribution in [2.75, 3.05) is 0 Å². The molecule has 0 spiro atoms. The van der Waals surface area contributed by atoms with Gasteiger partial charge in [0.15, 0.2) is 0 Å². The van der Waals surface area contributed by atoms with Crippen molar-refractivity contribution in [1.82, 2.24) is 4.57 Å². The molecule has 1 heterocycles. The third-order valence-corrected chi connectivity index (χ3v) is 5.23. The first-order chi connectivity index (χ1) is 12.8. The Morgan fingerprint density at radius 3 is 2.30 bits per heavy atom. The number of carboxylic acid groups (broad SMARTS) is 1. The largest absolute Gasteiger partial charge is 0.481 e. The van der Waals surface area contributed by atoms with Crippen LogP contribution in [-0.2, 0) is 11.8 Å². The van der Waals surface area contributed by atoms with E-state index in [9.17, 15) is 14.7 Å². The number of aromatic nitrogens is 1. The van der Waals surface area contributed by atoms with Gasteiger partial charge in [0.05, 0.1) is 5.92 Å². The number of carbonyl (C=O) groups is 1. The van der Waals surface area contributed by atoms with E-state index in [0.29, 0.717) is 44.9 Å². The minimum Gasteiger partial charge on any atom is -0.481 e. The van der Waals surface area contributed by atoms with Gasteiger partial charge in [-0.25, -0.2) is 0 Å². The van der Waals surface area contributed by atoms with Gasteiger partial charge in [0.2, 0.25) is 0 Å². The number of fused-ring (bicyclic) bond motifs is 1. The summed E-state index contributed by atoms with van der Waals surface area (Å²) in [4.78, 5) is 25.0. The van der Waals surface area contributed by atoms with Crippen LogP contribution in [0.3, 0.4) is 0 Å². The smallest absolute Gasteiger partial charge is 0.312 e. The van der Waals surface area contributed by atoms with E-state index in [1.807, 2.05) is 19.1 Å². The van der Waals surface area contributed by atoms with Crippen LogP contribution in [0.5, 0.6) is 0 Å². The van der Waals surface area contributed by atoms with E-state index in [1.165, 1.54) is 4.57 Å². The molecule has 4 nitrogen and oxygen atoms in total. The molecule has 0 aliphatic carbocycles. The molecule has 0 amide bonds. The van der Waals surface area contributed by atoms with Crippen molar-refractivity contribution < 1.29 is 9.90 Å². The fourth-order valence-electron chi connectivity index (χ4n) is 3.50. The lowest BCUT2D eigenvalue weighted by atomic mass is 9.88. The Labute approximate surface area is 167 Å². The number of hydrogen-bond acceptors (Lipinski definition) is 2. The summed E-state index contributed by atoms with van der Waals surface area (Å²) < 4.78 is 1.45. The number of halogens is 2. The molecule has 27 heavy (non-hydrogen) atoms. The van der Waals surface area contributed by atoms with Gasteiger partial charge in [-0.15, -0.1) is 0 Å². The van der Waals surface area contributed by atoms with Gasteiger partial charge in [-0.1, -0.05) is 48.7 Å². The molecule has 0 saturated carbocycles. The Kier molecular flexibility index (Phi) is 5.59. The zero-order chi connectivity index (χ0) is 19.7. The average molecular weight is 404 g/mol. The van der Waals surface area contributed by atoms with E-state index < -0.39 is 11.9 Å². The number of pyridine rings is 1. The van der Waals surface area contributed by atoms with Crippen LogP contribution in [-0.4, -0.2) is 15.6 Å². The monoisotopic (exact) mass is 403 g/mol. The van der Waals surface area contributed by atoms with E-state index in [1.54, 1.807) is 37.4 Å². The highest BCUT2D eigenvalue weighted by atomic mass is 35.5. The summed E-state index contributed by atoms with van der Waals surface area (Å²) in [6.45, 7) is 1.92. The van der Waals surface area contributed by atoms with Crippen molar-refractivity contribution in [1.29, 1.82) is 0 Å². The molecule has 3 rings (SSSR count). The fraction of sp³-hybridized carbons (Fsp3) is 0.238. The molecule has 2 aromatic carbocycles. The predicted molar refractivity (Wildman–Crippen MR) is 110 cm³/mol. The van der Waals surface area contributed by atoms with Crippen LogP contribution in [0.25, 0.3) is 21.9 Å². The third-order valence-electron chi connectivity index (χ3n) is 4.74. The summed E-state index contributed by atoms with van der Waals surface area (Å²) in [5.41, 5.74) is 1.73. The van der Waals surface area contributed by atoms with Gasteiger partial charge in [0.25, 0.3) is 5.56 Å². The topological polar surface area (TPSA) is 59.3 Å². The van der Waals surface area contributed by atoms with Gasteiger partial charge in [-0.2, -0.15) is 0 Å². The van der Waals surface area contributed by atoms with E-state index in [4.69, 9.17) is 23.2 Å². The van der Waals surface area contributed by atoms with Gasteiger partial charge < -0.3 is 9.67 Å². The van der Waals surface area contributed by atoms with Crippen LogP contribution in [0.4, 0.5) is 0 Å². The summed E-state index contributed by atoms with van der Waals surface area (Å²) >= 11 is 12.2. The van der Waals surface area contributed by atoms with E-state index >= 15 is 0 Å². The summed E-state index contributed by atoms with van der Waals surface area (Å²) in [7, 11) is 1.62. The zero-order valence-electron chi connectivity index (χ0n) is 15.0. The Morgan fingerprint density at radius 2 is 1.70 bits per heavy atom. The SMILES string of the molecule is CCCC(C(=O)O)c1c(-c2ccc(Cl)cc2)c2cc(Cl)ccc2c(=O)n1C. The molecule has 3 aromatic rings. The summed E-state index contributed by atoms with van der Waals surface area (Å²) in [6, 6.07) is 12.2. The first-order valence-electron chi connectivity index (χ1n) is 8.66. The van der Waals surface area contributed by atoms with Crippen LogP contribution in [0.15, 0.2) is 47.3 Å². The standard InChI is InChI=1S/C21H19Cl2NO3/c1-3-4-16(21(26)27)19-18(12-5-7-13(22)8-6-12)17-11-14(23)9-10-15(17)20(25)24(19)2/h5-11,16H,3-4H2,1-2H3,(H,26,27). The number of carboxylic acids is 1. The van der Waals surface area contributed by atoms with Gasteiger partial charge in [-0.05, 0) is 47.7 Å². The van der Waals surface area contributed by atoms with Gasteiger partial charge in [-0.3, -0.25) is 9.59 Å². The van der Waals surface area contributed by atoms with Crippen molar-refractivity contribution >= 4 is 39.9 Å². The summed E-state index contributed by atoms with van der Waals surface area (Å²) in [5.74, 6) is -1.76. The molecule has 0 saturated heterocycles. The normalized spacial score (nSPS) is 12.3. The molecule has 1 unspecified atom stereocenters. The van der Waals surface area contributed by atoms with Crippen LogP contribution in [0.1, 0.15) is 31.4 Å². The molecule has 1 N–H and O–H groups in total. The van der Waals surface area contributed by atoms with E-state index in [2.05, 4.69) is 0 Å². The maximum atomic E-state index is 12.9. The number of rotatable bonds is 5. The van der Waals surface area contributed by atoms with Gasteiger partial charge >= 0.3 is 5.97 Å². The second-order valence-electron chi connectivity index (χ2n) is 6.50. The molecule has 1 aromatic heterocycles. The molecule has 0 bridgehead atoms. The number of nitrogens with zero attached hydrogens (tertiary/aromatic N) is 1. The Bertz CT molecular complexity index is 1070. The average Bonchev–Trinajstić information content (AvgIpc) is 2.63. The second-order valence-corrected chi connectivity index (χ2v) is 7.37. The number of aliphatic carboxylic acids is 1. The maximum Gasteiger partial charge on any atom is 0.312 e. The molecule has 6 heteroatoms. The minimum absolute atomic E-state index is 0.239. The van der Waals surface area contributed by atoms with Crippen molar-refractivity contribution in [3.8, 4) is 11.1 Å². The Balaban J connectivity index is 2.50. The summed E-state index contributed by atoms with van der Waals surface area (Å²) in [5, 5.41) is 12.1. The first kappa shape index (κ1) is 19.5. The van der Waals surface area contributed by atoms with Gasteiger partial charge in [0.1, 0.15) is 0 Å². The maximum absolute atomic E-state index is 12.9. The van der Waals surface area contributed by atoms with Crippen LogP contribution in [0, 0.1) is 0 Å². The Hall–Kier alpha value is -2.30. The summed E-state index contributed by atoms with van der Waals surface area (Å²) in [6.07, 6.45) is 1.11. The van der Waals surface area contributed by atoms with Crippen LogP contribution < -0.4 is 5.56 Å². The quantitative estimate of drug-likeness (QED) is 0.613. The molecular formula is C21H19Cl2NO3. The number of benzene rings is 2. The highest BCUT2D eigenvalue weighted by molar-refractivity contribution is 6.31. The van der Waals surface area contributed by atoms with Crippen LogP contribution >= 0.6 is 23.2 Å². The lowest BCUT2D eigenvalue weighted by Crippen LogP contribution is -2.27. The lowest BCUT2D eigenvalue weighted by Gasteiger charge is -2.22. The predicted octanol–water partition coefficient (Wildman–Crippen LogP) is 5.48. The van der Waals surface area contributed by atoms with E-state index in [-0.39, 0.29) is 5.56 Å². The molecule has 0 aliphatic heterocycles. The van der Waals surface area contributed by atoms with Crippen molar-refractivity contribution in [2.24, 2.45) is 7.05 Å². The molecule has 0 fully saturated rings. The van der Waals surface area contributed by atoms with Gasteiger partial charge in [0, 0.05) is 33.7 Å². The highest BCUT2D eigenvalue weighted by Crippen LogP contribution is 2.37. The third kappa shape index (κ3) is 3.60. The van der Waals surface area contributed by atoms with Crippen molar-refractivity contribution in [2.45, 2.75) is 25.7 Å². The molecule has 0 aliphatic rings. The van der Waals surface area contributed by atoms with Crippen molar-refractivity contribution in [3.05, 3.63) is 68.6 Å². The molecular weight excluding hydrogens is 385 g/mol. The molecule has 1 atom stereocenters. The van der Waals surface area contributed by atoms with Crippen LogP contribution in [0.2, 0.25) is 10.0 Å². The molecule has 140 valence electrons. The van der Waals surface area contributed by atoms with Crippen molar-refractivity contribution in [3.63, 3.8) is 0 Å². The van der Waals surface area contributed by atoms with E-state index in [0.717, 1.165) is 5.56 Å². The number of hydrogen-bond donors (Lipinski definition) is 1. The first-order valence-corrected chi connectivity index (χ1v) is 9.41. The lowest BCUT2D eigenvalue weighted by molar-refractivity contribution is -0.139. The Morgan fingerprint density at radius 1 is 1.07 bits per heavy atom. The zero-order valence-corrected chi connectivity index (χ0v) is 16.5. The highest BCUT2D eigenvalue weighted by Gasteiger charge is 2.28.